The first kappa shape index (κ1) is 16.2. The molecule has 1 aliphatic heterocycles. The van der Waals surface area contributed by atoms with Crippen LogP contribution in [0.5, 0.6) is 0 Å². The summed E-state index contributed by atoms with van der Waals surface area (Å²) in [7, 11) is 4.15. The van der Waals surface area contributed by atoms with Gasteiger partial charge in [0.25, 0.3) is 0 Å². The number of nitrogens with zero attached hydrogens (tertiary/aromatic N) is 2. The molecule has 0 spiro atoms. The minimum atomic E-state index is -0.393. The number of piperazine rings is 1. The Balaban J connectivity index is 1.84. The largest absolute Gasteiger partial charge is 0.354 e. The molecule has 1 fully saturated rings. The summed E-state index contributed by atoms with van der Waals surface area (Å²) in [6.07, 6.45) is 0.172. The van der Waals surface area contributed by atoms with Crippen molar-refractivity contribution in [1.82, 2.24) is 15.1 Å². The highest BCUT2D eigenvalue weighted by Gasteiger charge is 2.22. The molecule has 1 N–H and O–H groups in total. The Morgan fingerprint density at radius 1 is 1.43 bits per heavy atom. The highest BCUT2D eigenvalue weighted by atomic mass is 35.5. The molecule has 21 heavy (non-hydrogen) atoms. The summed E-state index contributed by atoms with van der Waals surface area (Å²) >= 11 is 5.93. The molecular formula is C15H21ClFN3O. The van der Waals surface area contributed by atoms with Crippen molar-refractivity contribution in [1.29, 1.82) is 0 Å². The lowest BCUT2D eigenvalue weighted by Crippen LogP contribution is -2.54. The van der Waals surface area contributed by atoms with Crippen molar-refractivity contribution in [2.75, 3.05) is 40.3 Å². The van der Waals surface area contributed by atoms with E-state index in [1.165, 1.54) is 12.1 Å². The predicted octanol–water partition coefficient (Wildman–Crippen LogP) is 1.38. The van der Waals surface area contributed by atoms with Gasteiger partial charge in [0, 0.05) is 37.2 Å². The number of hydrogen-bond donors (Lipinski definition) is 1. The Labute approximate surface area is 129 Å². The normalized spacial score (nSPS) is 20.5. The van der Waals surface area contributed by atoms with Crippen molar-refractivity contribution in [3.05, 3.63) is 34.6 Å². The van der Waals surface area contributed by atoms with E-state index < -0.39 is 5.82 Å². The minimum absolute atomic E-state index is 0.0925. The number of halogens is 2. The first-order chi connectivity index (χ1) is 9.95. The van der Waals surface area contributed by atoms with Crippen LogP contribution in [0.1, 0.15) is 5.56 Å². The smallest absolute Gasteiger partial charge is 0.224 e. The van der Waals surface area contributed by atoms with Gasteiger partial charge in [-0.2, -0.15) is 0 Å². The van der Waals surface area contributed by atoms with Crippen LogP contribution in [0.15, 0.2) is 18.2 Å². The van der Waals surface area contributed by atoms with Crippen molar-refractivity contribution < 1.29 is 9.18 Å². The lowest BCUT2D eigenvalue weighted by molar-refractivity contribution is -0.120. The van der Waals surface area contributed by atoms with Crippen LogP contribution in [-0.2, 0) is 11.2 Å². The molecule has 1 heterocycles. The molecule has 1 atom stereocenters. The average molecular weight is 314 g/mol. The van der Waals surface area contributed by atoms with E-state index in [1.54, 1.807) is 6.07 Å². The van der Waals surface area contributed by atoms with Gasteiger partial charge in [-0.1, -0.05) is 17.7 Å². The fourth-order valence-corrected chi connectivity index (χ4v) is 2.69. The average Bonchev–Trinajstić information content (AvgIpc) is 2.43. The number of hydrogen-bond acceptors (Lipinski definition) is 3. The summed E-state index contributed by atoms with van der Waals surface area (Å²) in [6, 6.07) is 4.42. The van der Waals surface area contributed by atoms with Gasteiger partial charge in [-0.25, -0.2) is 4.39 Å². The molecule has 4 nitrogen and oxygen atoms in total. The summed E-state index contributed by atoms with van der Waals surface area (Å²) in [6.45, 7) is 3.60. The first-order valence-electron chi connectivity index (χ1n) is 7.05. The lowest BCUT2D eigenvalue weighted by Gasteiger charge is -2.37. The number of benzene rings is 1. The zero-order valence-corrected chi connectivity index (χ0v) is 13.2. The molecular weight excluding hydrogens is 293 g/mol. The van der Waals surface area contributed by atoms with Crippen molar-refractivity contribution in [3.63, 3.8) is 0 Å². The number of carbonyl (C=O) groups is 1. The van der Waals surface area contributed by atoms with Gasteiger partial charge in [-0.15, -0.1) is 0 Å². The SMILES string of the molecule is CN1CCN(C)C(CNC(=O)Cc2ccc(F)cc2Cl)C1. The zero-order valence-electron chi connectivity index (χ0n) is 12.4. The van der Waals surface area contributed by atoms with Crippen LogP contribution in [0.25, 0.3) is 0 Å². The van der Waals surface area contributed by atoms with Crippen LogP contribution >= 0.6 is 11.6 Å². The molecule has 0 aliphatic carbocycles. The van der Waals surface area contributed by atoms with Gasteiger partial charge in [-0.05, 0) is 31.8 Å². The predicted molar refractivity (Wildman–Crippen MR) is 82.0 cm³/mol. The lowest BCUT2D eigenvalue weighted by atomic mass is 10.1. The van der Waals surface area contributed by atoms with E-state index in [9.17, 15) is 9.18 Å². The van der Waals surface area contributed by atoms with Crippen molar-refractivity contribution >= 4 is 17.5 Å². The third kappa shape index (κ3) is 4.66. The minimum Gasteiger partial charge on any atom is -0.354 e. The maximum Gasteiger partial charge on any atom is 0.224 e. The van der Waals surface area contributed by atoms with E-state index in [0.717, 1.165) is 19.6 Å². The second kappa shape index (κ2) is 7.20. The monoisotopic (exact) mass is 313 g/mol. The van der Waals surface area contributed by atoms with E-state index in [1.807, 2.05) is 0 Å². The molecule has 0 saturated carbocycles. The van der Waals surface area contributed by atoms with Crippen LogP contribution in [0.4, 0.5) is 4.39 Å². The molecule has 6 heteroatoms. The van der Waals surface area contributed by atoms with E-state index in [0.29, 0.717) is 23.2 Å². The van der Waals surface area contributed by atoms with Crippen LogP contribution in [0.3, 0.4) is 0 Å². The molecule has 1 saturated heterocycles. The fourth-order valence-electron chi connectivity index (χ4n) is 2.45. The Morgan fingerprint density at radius 2 is 2.19 bits per heavy atom. The molecule has 0 aromatic heterocycles. The van der Waals surface area contributed by atoms with Gasteiger partial charge in [0.15, 0.2) is 0 Å². The van der Waals surface area contributed by atoms with Crippen molar-refractivity contribution in [2.24, 2.45) is 0 Å². The first-order valence-corrected chi connectivity index (χ1v) is 7.43. The number of rotatable bonds is 4. The molecule has 1 aliphatic rings. The van der Waals surface area contributed by atoms with Gasteiger partial charge in [-0.3, -0.25) is 9.69 Å². The quantitative estimate of drug-likeness (QED) is 0.912. The molecule has 116 valence electrons. The van der Waals surface area contributed by atoms with Gasteiger partial charge < -0.3 is 10.2 Å². The highest BCUT2D eigenvalue weighted by Crippen LogP contribution is 2.17. The van der Waals surface area contributed by atoms with Gasteiger partial charge in [0.1, 0.15) is 5.82 Å². The number of nitrogens with one attached hydrogen (secondary N) is 1. The fraction of sp³-hybridized carbons (Fsp3) is 0.533. The Kier molecular flexibility index (Phi) is 5.56. The molecule has 2 rings (SSSR count). The van der Waals surface area contributed by atoms with Crippen molar-refractivity contribution in [3.8, 4) is 0 Å². The van der Waals surface area contributed by atoms with Crippen LogP contribution < -0.4 is 5.32 Å². The van der Waals surface area contributed by atoms with Gasteiger partial charge in [0.2, 0.25) is 5.91 Å². The van der Waals surface area contributed by atoms with E-state index in [4.69, 9.17) is 11.6 Å². The topological polar surface area (TPSA) is 35.6 Å². The van der Waals surface area contributed by atoms with Gasteiger partial charge in [0.05, 0.1) is 6.42 Å². The second-order valence-electron chi connectivity index (χ2n) is 5.61. The third-order valence-corrected chi connectivity index (χ3v) is 4.23. The molecule has 0 radical (unpaired) electrons. The highest BCUT2D eigenvalue weighted by molar-refractivity contribution is 6.31. The van der Waals surface area contributed by atoms with Crippen LogP contribution in [-0.4, -0.2) is 62.0 Å². The summed E-state index contributed by atoms with van der Waals surface area (Å²) < 4.78 is 13.0. The Bertz CT molecular complexity index is 512. The maximum absolute atomic E-state index is 13.0. The molecule has 0 bridgehead atoms. The Morgan fingerprint density at radius 3 is 2.90 bits per heavy atom. The van der Waals surface area contributed by atoms with E-state index in [-0.39, 0.29) is 12.3 Å². The molecule has 1 unspecified atom stereocenters. The third-order valence-electron chi connectivity index (χ3n) is 3.88. The molecule has 1 aromatic rings. The van der Waals surface area contributed by atoms with E-state index >= 15 is 0 Å². The zero-order chi connectivity index (χ0) is 15.4. The van der Waals surface area contributed by atoms with Crippen molar-refractivity contribution in [2.45, 2.75) is 12.5 Å². The molecule has 1 amide bonds. The number of likely N-dealkylation sites (N-methyl/N-ethyl adjacent to an activating group) is 2. The maximum atomic E-state index is 13.0. The summed E-state index contributed by atoms with van der Waals surface area (Å²) in [4.78, 5) is 16.5. The number of carbonyl (C=O) groups excluding carboxylic acids is 1. The van der Waals surface area contributed by atoms with Crippen LogP contribution in [0, 0.1) is 5.82 Å². The van der Waals surface area contributed by atoms with E-state index in [2.05, 4.69) is 29.2 Å². The standard InChI is InChI=1S/C15H21ClFN3O/c1-19-5-6-20(2)13(10-19)9-18-15(21)7-11-3-4-12(17)8-14(11)16/h3-4,8,13H,5-7,9-10H2,1-2H3,(H,18,21). The summed E-state index contributed by atoms with van der Waals surface area (Å²) in [5.41, 5.74) is 0.643. The molecule has 1 aromatic carbocycles. The number of amides is 1. The van der Waals surface area contributed by atoms with Gasteiger partial charge >= 0.3 is 0 Å². The van der Waals surface area contributed by atoms with Crippen LogP contribution in [0.2, 0.25) is 5.02 Å². The Hall–Kier alpha value is -1.17. The summed E-state index contributed by atoms with van der Waals surface area (Å²) in [5, 5.41) is 3.23. The summed E-state index contributed by atoms with van der Waals surface area (Å²) in [5.74, 6) is -0.485. The second-order valence-corrected chi connectivity index (χ2v) is 6.02.